The van der Waals surface area contributed by atoms with Crippen LogP contribution in [0, 0.1) is 17.8 Å². The quantitative estimate of drug-likeness (QED) is 0.496. The zero-order chi connectivity index (χ0) is 6.85. The van der Waals surface area contributed by atoms with Crippen molar-refractivity contribution in [2.75, 3.05) is 0 Å². The fourth-order valence-corrected chi connectivity index (χ4v) is 1.44. The largest absolute Gasteiger partial charge is 0.0848 e. The Morgan fingerprint density at radius 2 is 2.11 bits per heavy atom. The van der Waals surface area contributed by atoms with E-state index in [1.807, 2.05) is 0 Å². The minimum absolute atomic E-state index is 0.847. The van der Waals surface area contributed by atoms with E-state index in [0.717, 1.165) is 17.8 Å². The van der Waals surface area contributed by atoms with Gasteiger partial charge in [-0.25, -0.2) is 0 Å². The summed E-state index contributed by atoms with van der Waals surface area (Å²) in [6.45, 7) is 6.91. The first-order valence-electron chi connectivity index (χ1n) is 3.94. The molecule has 52 valence electrons. The van der Waals surface area contributed by atoms with E-state index >= 15 is 0 Å². The maximum absolute atomic E-state index is 2.35. The highest BCUT2D eigenvalue weighted by molar-refractivity contribution is 5.08. The lowest BCUT2D eigenvalue weighted by atomic mass is 9.75. The third kappa shape index (κ3) is 1.17. The first-order valence-corrected chi connectivity index (χ1v) is 3.94. The third-order valence-electron chi connectivity index (χ3n) is 2.55. The van der Waals surface area contributed by atoms with Gasteiger partial charge in [-0.05, 0) is 17.8 Å². The van der Waals surface area contributed by atoms with Crippen LogP contribution in [0.1, 0.15) is 27.2 Å². The molecule has 0 heteroatoms. The van der Waals surface area contributed by atoms with Crippen LogP contribution in [-0.4, -0.2) is 0 Å². The predicted octanol–water partition coefficient (Wildman–Crippen LogP) is 2.85. The average molecular weight is 124 g/mol. The summed E-state index contributed by atoms with van der Waals surface area (Å²) < 4.78 is 0. The maximum Gasteiger partial charge on any atom is -0.0147 e. The summed E-state index contributed by atoms with van der Waals surface area (Å²) in [7, 11) is 0. The lowest BCUT2D eigenvalue weighted by molar-refractivity contribution is 0.317. The summed E-state index contributed by atoms with van der Waals surface area (Å²) >= 11 is 0. The topological polar surface area (TPSA) is 0 Å². The van der Waals surface area contributed by atoms with Gasteiger partial charge in [0.2, 0.25) is 0 Å². The summed E-state index contributed by atoms with van der Waals surface area (Å²) in [5.41, 5.74) is 0. The Kier molecular flexibility index (Phi) is 1.94. The summed E-state index contributed by atoms with van der Waals surface area (Å²) in [5, 5.41) is 0. The Labute approximate surface area is 58.0 Å². The molecule has 0 bridgehead atoms. The van der Waals surface area contributed by atoms with Gasteiger partial charge in [0.25, 0.3) is 0 Å². The summed E-state index contributed by atoms with van der Waals surface area (Å²) in [5.74, 6) is 2.62. The molecule has 3 unspecified atom stereocenters. The Hall–Kier alpha value is -0.260. The lowest BCUT2D eigenvalue weighted by Gasteiger charge is -2.30. The van der Waals surface area contributed by atoms with Crippen LogP contribution in [0.25, 0.3) is 0 Å². The van der Waals surface area contributed by atoms with Crippen molar-refractivity contribution in [3.05, 3.63) is 12.2 Å². The zero-order valence-corrected chi connectivity index (χ0v) is 6.59. The highest BCUT2D eigenvalue weighted by atomic mass is 14.3. The molecular weight excluding hydrogens is 108 g/mol. The van der Waals surface area contributed by atoms with E-state index < -0.39 is 0 Å². The molecular formula is C9H16. The van der Waals surface area contributed by atoms with Crippen molar-refractivity contribution in [1.29, 1.82) is 0 Å². The average Bonchev–Trinajstić information content (AvgIpc) is 1.84. The predicted molar refractivity (Wildman–Crippen MR) is 41.2 cm³/mol. The van der Waals surface area contributed by atoms with Crippen molar-refractivity contribution in [2.24, 2.45) is 17.8 Å². The second-order valence-corrected chi connectivity index (χ2v) is 3.21. The first kappa shape index (κ1) is 6.85. The summed E-state index contributed by atoms with van der Waals surface area (Å²) in [4.78, 5) is 0. The van der Waals surface area contributed by atoms with Crippen molar-refractivity contribution in [1.82, 2.24) is 0 Å². The number of rotatable bonds is 2. The molecule has 0 fully saturated rings. The maximum atomic E-state index is 2.35. The molecule has 0 aromatic rings. The molecule has 0 saturated heterocycles. The van der Waals surface area contributed by atoms with Crippen LogP contribution >= 0.6 is 0 Å². The standard InChI is InChI=1S/C9H16/c1-4-7(2)9-6-5-8(9)3/h5-9H,4H2,1-3H3. The molecule has 0 spiro atoms. The second kappa shape index (κ2) is 2.55. The fourth-order valence-electron chi connectivity index (χ4n) is 1.44. The van der Waals surface area contributed by atoms with Gasteiger partial charge in [0.05, 0.1) is 0 Å². The Morgan fingerprint density at radius 1 is 1.44 bits per heavy atom. The Balaban J connectivity index is 2.37. The number of hydrogen-bond donors (Lipinski definition) is 0. The van der Waals surface area contributed by atoms with Crippen molar-refractivity contribution in [3.63, 3.8) is 0 Å². The number of allylic oxidation sites excluding steroid dienone is 2. The van der Waals surface area contributed by atoms with Crippen LogP contribution in [0.5, 0.6) is 0 Å². The minimum atomic E-state index is 0.847. The molecule has 3 atom stereocenters. The van der Waals surface area contributed by atoms with E-state index in [0.29, 0.717) is 0 Å². The summed E-state index contributed by atoms with van der Waals surface area (Å²) in [6, 6.07) is 0. The van der Waals surface area contributed by atoms with Crippen LogP contribution in [0.15, 0.2) is 12.2 Å². The summed E-state index contributed by atoms with van der Waals surface area (Å²) in [6.07, 6.45) is 5.97. The molecule has 0 heterocycles. The van der Waals surface area contributed by atoms with E-state index in [-0.39, 0.29) is 0 Å². The van der Waals surface area contributed by atoms with Crippen molar-refractivity contribution in [3.8, 4) is 0 Å². The molecule has 0 N–H and O–H groups in total. The van der Waals surface area contributed by atoms with Gasteiger partial charge in [-0.15, -0.1) is 0 Å². The van der Waals surface area contributed by atoms with Gasteiger partial charge in [-0.3, -0.25) is 0 Å². The first-order chi connectivity index (χ1) is 4.25. The monoisotopic (exact) mass is 124 g/mol. The molecule has 0 aliphatic heterocycles. The molecule has 0 nitrogen and oxygen atoms in total. The molecule has 0 radical (unpaired) electrons. The van der Waals surface area contributed by atoms with Crippen LogP contribution in [0.4, 0.5) is 0 Å². The molecule has 1 aliphatic carbocycles. The minimum Gasteiger partial charge on any atom is -0.0848 e. The van der Waals surface area contributed by atoms with E-state index in [2.05, 4.69) is 32.9 Å². The molecule has 9 heavy (non-hydrogen) atoms. The Morgan fingerprint density at radius 3 is 2.22 bits per heavy atom. The SMILES string of the molecule is CCC(C)C1C=CC1C. The van der Waals surface area contributed by atoms with Crippen LogP contribution in [0.3, 0.4) is 0 Å². The van der Waals surface area contributed by atoms with Gasteiger partial charge in [0.15, 0.2) is 0 Å². The van der Waals surface area contributed by atoms with E-state index in [1.165, 1.54) is 6.42 Å². The molecule has 0 amide bonds. The van der Waals surface area contributed by atoms with Gasteiger partial charge in [-0.1, -0.05) is 39.3 Å². The lowest BCUT2D eigenvalue weighted by Crippen LogP contribution is -2.22. The van der Waals surface area contributed by atoms with Crippen LogP contribution in [-0.2, 0) is 0 Å². The van der Waals surface area contributed by atoms with Gasteiger partial charge in [-0.2, -0.15) is 0 Å². The zero-order valence-electron chi connectivity index (χ0n) is 6.59. The molecule has 0 aromatic heterocycles. The van der Waals surface area contributed by atoms with Crippen LogP contribution < -0.4 is 0 Å². The van der Waals surface area contributed by atoms with E-state index in [1.54, 1.807) is 0 Å². The van der Waals surface area contributed by atoms with E-state index in [4.69, 9.17) is 0 Å². The normalized spacial score (nSPS) is 35.9. The number of hydrogen-bond acceptors (Lipinski definition) is 0. The molecule has 1 rings (SSSR count). The highest BCUT2D eigenvalue weighted by Crippen LogP contribution is 2.32. The third-order valence-corrected chi connectivity index (χ3v) is 2.55. The van der Waals surface area contributed by atoms with Crippen molar-refractivity contribution in [2.45, 2.75) is 27.2 Å². The van der Waals surface area contributed by atoms with Gasteiger partial charge in [0, 0.05) is 0 Å². The van der Waals surface area contributed by atoms with Gasteiger partial charge < -0.3 is 0 Å². The van der Waals surface area contributed by atoms with Crippen molar-refractivity contribution >= 4 is 0 Å². The smallest absolute Gasteiger partial charge is 0.0147 e. The van der Waals surface area contributed by atoms with Crippen LogP contribution in [0.2, 0.25) is 0 Å². The highest BCUT2D eigenvalue weighted by Gasteiger charge is 2.23. The molecule has 0 aromatic carbocycles. The Bertz CT molecular complexity index is 113. The molecule has 1 aliphatic rings. The second-order valence-electron chi connectivity index (χ2n) is 3.21. The van der Waals surface area contributed by atoms with Crippen molar-refractivity contribution < 1.29 is 0 Å². The molecule has 0 saturated carbocycles. The fraction of sp³-hybridized carbons (Fsp3) is 0.778. The van der Waals surface area contributed by atoms with Gasteiger partial charge in [0.1, 0.15) is 0 Å². The van der Waals surface area contributed by atoms with Gasteiger partial charge >= 0.3 is 0 Å². The van der Waals surface area contributed by atoms with E-state index in [9.17, 15) is 0 Å².